The highest BCUT2D eigenvalue weighted by Crippen LogP contribution is 2.16. The van der Waals surface area contributed by atoms with E-state index in [2.05, 4.69) is 4.99 Å². The molecule has 0 spiro atoms. The lowest BCUT2D eigenvalue weighted by atomic mass is 10.3. The highest BCUT2D eigenvalue weighted by Gasteiger charge is 2.09. The fraction of sp³-hybridized carbons (Fsp3) is 0.800. The molecule has 0 aromatic rings. The van der Waals surface area contributed by atoms with Crippen LogP contribution in [0.3, 0.4) is 0 Å². The third kappa shape index (κ3) is 1.49. The lowest BCUT2D eigenvalue weighted by Gasteiger charge is -2.00. The molecule has 0 radical (unpaired) electrons. The molecule has 0 bridgehead atoms. The molecule has 1 aliphatic rings. The van der Waals surface area contributed by atoms with Crippen LogP contribution in [0.15, 0.2) is 4.99 Å². The van der Waals surface area contributed by atoms with Gasteiger partial charge in [-0.2, -0.15) is 0 Å². The minimum Gasteiger partial charge on any atom is -0.396 e. The summed E-state index contributed by atoms with van der Waals surface area (Å²) in [7, 11) is 0. The van der Waals surface area contributed by atoms with E-state index in [9.17, 15) is 0 Å². The molecule has 0 aromatic carbocycles. The van der Waals surface area contributed by atoms with Gasteiger partial charge in [0.2, 0.25) is 0 Å². The van der Waals surface area contributed by atoms with E-state index in [0.717, 1.165) is 13.0 Å². The first-order valence-corrected chi connectivity index (χ1v) is 3.62. The highest BCUT2D eigenvalue weighted by molar-refractivity contribution is 8.12. The molecule has 1 unspecified atom stereocenters. The van der Waals surface area contributed by atoms with Gasteiger partial charge < -0.3 is 5.11 Å². The van der Waals surface area contributed by atoms with Gasteiger partial charge >= 0.3 is 0 Å². The molecule has 1 atom stereocenters. The van der Waals surface area contributed by atoms with E-state index >= 15 is 0 Å². The van der Waals surface area contributed by atoms with Crippen LogP contribution in [0, 0.1) is 0 Å². The van der Waals surface area contributed by atoms with Crippen LogP contribution in [-0.4, -0.2) is 29.1 Å². The molecule has 8 heavy (non-hydrogen) atoms. The maximum atomic E-state index is 8.46. The molecule has 46 valence electrons. The summed E-state index contributed by atoms with van der Waals surface area (Å²) in [6.45, 7) is 1.19. The molecule has 1 heterocycles. The van der Waals surface area contributed by atoms with E-state index < -0.39 is 0 Å². The molecule has 0 aromatic heterocycles. The Morgan fingerprint density at radius 3 is 3.25 bits per heavy atom. The Labute approximate surface area is 53.0 Å². The zero-order chi connectivity index (χ0) is 5.82. The van der Waals surface area contributed by atoms with Crippen molar-refractivity contribution in [3.05, 3.63) is 0 Å². The van der Waals surface area contributed by atoms with Crippen molar-refractivity contribution in [2.75, 3.05) is 13.2 Å². The van der Waals surface area contributed by atoms with Crippen molar-refractivity contribution < 1.29 is 5.11 Å². The van der Waals surface area contributed by atoms with Gasteiger partial charge in [-0.1, -0.05) is 0 Å². The van der Waals surface area contributed by atoms with Crippen molar-refractivity contribution in [2.24, 2.45) is 4.99 Å². The molecule has 3 heteroatoms. The number of thioether (sulfide) groups is 1. The van der Waals surface area contributed by atoms with Gasteiger partial charge in [-0.15, -0.1) is 11.8 Å². The predicted octanol–water partition coefficient (Wildman–Crippen LogP) is 0.512. The van der Waals surface area contributed by atoms with Gasteiger partial charge in [-0.05, 0) is 6.42 Å². The van der Waals surface area contributed by atoms with E-state index in [1.807, 2.05) is 5.55 Å². The summed E-state index contributed by atoms with van der Waals surface area (Å²) >= 11 is 1.72. The van der Waals surface area contributed by atoms with Crippen molar-refractivity contribution in [3.8, 4) is 0 Å². The third-order valence-electron chi connectivity index (χ3n) is 1.09. The number of aliphatic imine (C=N–C) groups is 1. The third-order valence-corrected chi connectivity index (χ3v) is 2.13. The molecule has 0 saturated carbocycles. The molecular weight excluding hydrogens is 122 g/mol. The standard InChI is InChI=1S/C5H9NOS/c7-2-1-5-3-6-4-8-5/h4-5,7H,1-3H2. The SMILES string of the molecule is OCCC1CN=CS1. The maximum Gasteiger partial charge on any atom is 0.0544 e. The first-order chi connectivity index (χ1) is 3.93. The maximum absolute atomic E-state index is 8.46. The molecule has 0 amide bonds. The van der Waals surface area contributed by atoms with Crippen molar-refractivity contribution in [2.45, 2.75) is 11.7 Å². The van der Waals surface area contributed by atoms with Crippen LogP contribution in [-0.2, 0) is 0 Å². The summed E-state index contributed by atoms with van der Waals surface area (Å²) < 4.78 is 0. The van der Waals surface area contributed by atoms with E-state index in [1.54, 1.807) is 11.8 Å². The Bertz CT molecular complexity index is 86.4. The quantitative estimate of drug-likeness (QED) is 0.592. The summed E-state index contributed by atoms with van der Waals surface area (Å²) in [5.74, 6) is 0. The summed E-state index contributed by atoms with van der Waals surface area (Å²) in [5.41, 5.74) is 1.86. The average Bonchev–Trinajstić information content (AvgIpc) is 2.19. The Balaban J connectivity index is 2.10. The normalized spacial score (nSPS) is 26.9. The Kier molecular flexibility index (Phi) is 2.36. The van der Waals surface area contributed by atoms with Crippen LogP contribution < -0.4 is 0 Å². The van der Waals surface area contributed by atoms with E-state index in [-0.39, 0.29) is 0 Å². The topological polar surface area (TPSA) is 32.6 Å². The number of hydrogen-bond donors (Lipinski definition) is 1. The van der Waals surface area contributed by atoms with Crippen molar-refractivity contribution >= 4 is 17.3 Å². The van der Waals surface area contributed by atoms with Gasteiger partial charge in [-0.3, -0.25) is 4.99 Å². The zero-order valence-electron chi connectivity index (χ0n) is 4.58. The van der Waals surface area contributed by atoms with Gasteiger partial charge in [0, 0.05) is 11.9 Å². The van der Waals surface area contributed by atoms with Crippen LogP contribution in [0.2, 0.25) is 0 Å². The van der Waals surface area contributed by atoms with Crippen LogP contribution in [0.1, 0.15) is 6.42 Å². The van der Waals surface area contributed by atoms with E-state index in [1.165, 1.54) is 0 Å². The summed E-state index contributed by atoms with van der Waals surface area (Å²) in [6.07, 6.45) is 0.880. The molecule has 0 saturated heterocycles. The van der Waals surface area contributed by atoms with Gasteiger partial charge in [0.05, 0.1) is 12.1 Å². The van der Waals surface area contributed by atoms with Gasteiger partial charge in [0.25, 0.3) is 0 Å². The summed E-state index contributed by atoms with van der Waals surface area (Å²) in [5, 5.41) is 9.01. The van der Waals surface area contributed by atoms with Gasteiger partial charge in [0.15, 0.2) is 0 Å². The van der Waals surface area contributed by atoms with Crippen LogP contribution in [0.25, 0.3) is 0 Å². The second-order valence-corrected chi connectivity index (χ2v) is 2.89. The molecule has 1 rings (SSSR count). The minimum atomic E-state index is 0.293. The monoisotopic (exact) mass is 131 g/mol. The molecule has 0 aliphatic carbocycles. The van der Waals surface area contributed by atoms with Crippen LogP contribution >= 0.6 is 11.8 Å². The first-order valence-electron chi connectivity index (χ1n) is 2.68. The molecule has 1 N–H and O–H groups in total. The lowest BCUT2D eigenvalue weighted by molar-refractivity contribution is 0.288. The van der Waals surface area contributed by atoms with Crippen molar-refractivity contribution in [3.63, 3.8) is 0 Å². The fourth-order valence-electron chi connectivity index (χ4n) is 0.636. The second kappa shape index (κ2) is 3.10. The van der Waals surface area contributed by atoms with Gasteiger partial charge in [0.1, 0.15) is 0 Å². The fourth-order valence-corrected chi connectivity index (χ4v) is 1.39. The van der Waals surface area contributed by atoms with Crippen LogP contribution in [0.5, 0.6) is 0 Å². The molecule has 1 aliphatic heterocycles. The smallest absolute Gasteiger partial charge is 0.0544 e. The number of aliphatic hydroxyl groups is 1. The Morgan fingerprint density at radius 2 is 2.75 bits per heavy atom. The predicted molar refractivity (Wildman–Crippen MR) is 36.4 cm³/mol. The number of rotatable bonds is 2. The van der Waals surface area contributed by atoms with Crippen LogP contribution in [0.4, 0.5) is 0 Å². The number of aliphatic hydroxyl groups excluding tert-OH is 1. The average molecular weight is 131 g/mol. The lowest BCUT2D eigenvalue weighted by Crippen LogP contribution is -2.04. The minimum absolute atomic E-state index is 0.293. The zero-order valence-corrected chi connectivity index (χ0v) is 5.40. The molecule has 0 fully saturated rings. The molecular formula is C5H9NOS. The first kappa shape index (κ1) is 6.11. The van der Waals surface area contributed by atoms with Crippen molar-refractivity contribution in [1.82, 2.24) is 0 Å². The molecule has 2 nitrogen and oxygen atoms in total. The van der Waals surface area contributed by atoms with Gasteiger partial charge in [-0.25, -0.2) is 0 Å². The summed E-state index contributed by atoms with van der Waals surface area (Å²) in [6, 6.07) is 0. The van der Waals surface area contributed by atoms with E-state index in [0.29, 0.717) is 11.9 Å². The second-order valence-electron chi connectivity index (χ2n) is 1.74. The Hall–Kier alpha value is -0.0200. The highest BCUT2D eigenvalue weighted by atomic mass is 32.2. The largest absolute Gasteiger partial charge is 0.396 e. The Morgan fingerprint density at radius 1 is 1.88 bits per heavy atom. The number of hydrogen-bond acceptors (Lipinski definition) is 3. The van der Waals surface area contributed by atoms with E-state index in [4.69, 9.17) is 5.11 Å². The number of nitrogens with zero attached hydrogens (tertiary/aromatic N) is 1. The van der Waals surface area contributed by atoms with Crippen molar-refractivity contribution in [1.29, 1.82) is 0 Å². The summed E-state index contributed by atoms with van der Waals surface area (Å²) in [4.78, 5) is 4.01.